The van der Waals surface area contributed by atoms with E-state index < -0.39 is 46.5 Å². The minimum absolute atomic E-state index is 0.182. The van der Waals surface area contributed by atoms with Crippen LogP contribution in [-0.4, -0.2) is 158 Å². The lowest BCUT2D eigenvalue weighted by Crippen LogP contribution is -2.63. The Kier molecular flexibility index (Phi) is 15.3. The highest BCUT2D eigenvalue weighted by atomic mass is 32.2. The fraction of sp³-hybridized carbons (Fsp3) is 0.889. The molecular formula is C27H49N5O11S. The van der Waals surface area contributed by atoms with Crippen LogP contribution in [0.5, 0.6) is 0 Å². The molecule has 3 N–H and O–H groups in total. The van der Waals surface area contributed by atoms with Crippen LogP contribution in [-0.2, 0) is 56.1 Å². The van der Waals surface area contributed by atoms with E-state index >= 15 is 0 Å². The molecule has 254 valence electrons. The minimum Gasteiger partial charge on any atom is -0.387 e. The molecule has 0 aromatic carbocycles. The van der Waals surface area contributed by atoms with Crippen molar-refractivity contribution in [2.45, 2.75) is 83.7 Å². The van der Waals surface area contributed by atoms with Gasteiger partial charge in [-0.2, -0.15) is 0 Å². The number of carbonyl (C=O) groups excluding carboxylic acids is 1. The van der Waals surface area contributed by atoms with Gasteiger partial charge in [-0.3, -0.25) is 9.69 Å². The topological polar surface area (TPSA) is 193 Å². The summed E-state index contributed by atoms with van der Waals surface area (Å²) in [6.45, 7) is 11.6. The zero-order valence-corrected chi connectivity index (χ0v) is 26.9. The monoisotopic (exact) mass is 651 g/mol. The van der Waals surface area contributed by atoms with Gasteiger partial charge in [-0.05, 0) is 27.7 Å². The number of hydrogen-bond acceptors (Lipinski definition) is 14. The maximum absolute atomic E-state index is 12.8. The fourth-order valence-electron chi connectivity index (χ4n) is 4.60. The molecule has 1 unspecified atom stereocenters. The van der Waals surface area contributed by atoms with Crippen LogP contribution in [0.3, 0.4) is 0 Å². The molecule has 3 heterocycles. The highest BCUT2D eigenvalue weighted by Gasteiger charge is 2.49. The van der Waals surface area contributed by atoms with Gasteiger partial charge >= 0.3 is 0 Å². The van der Waals surface area contributed by atoms with Crippen LogP contribution >= 0.6 is 0 Å². The lowest BCUT2D eigenvalue weighted by Gasteiger charge is -2.42. The molecule has 0 radical (unpaired) electrons. The number of hydrogen-bond donors (Lipinski definition) is 3. The number of ether oxygens (including phenoxy) is 6. The van der Waals surface area contributed by atoms with Gasteiger partial charge in [0.15, 0.2) is 22.2 Å². The Balaban J connectivity index is 1.21. The average Bonchev–Trinajstić information content (AvgIpc) is 3.41. The second-order valence-corrected chi connectivity index (χ2v) is 13.6. The predicted octanol–water partition coefficient (Wildman–Crippen LogP) is -1.66. The lowest BCUT2D eigenvalue weighted by atomic mass is 9.97. The van der Waals surface area contributed by atoms with Crippen LogP contribution in [0, 0.1) is 0 Å². The van der Waals surface area contributed by atoms with Crippen molar-refractivity contribution in [3.8, 4) is 0 Å². The van der Waals surface area contributed by atoms with Crippen LogP contribution in [0.4, 0.5) is 0 Å². The van der Waals surface area contributed by atoms with E-state index in [4.69, 9.17) is 28.4 Å². The molecule has 0 bridgehead atoms. The first kappa shape index (κ1) is 36.7. The van der Waals surface area contributed by atoms with Gasteiger partial charge in [-0.1, -0.05) is 5.21 Å². The van der Waals surface area contributed by atoms with Crippen molar-refractivity contribution in [2.24, 2.45) is 0 Å². The van der Waals surface area contributed by atoms with Crippen molar-refractivity contribution in [3.63, 3.8) is 0 Å². The van der Waals surface area contributed by atoms with Gasteiger partial charge in [0.2, 0.25) is 0 Å². The van der Waals surface area contributed by atoms with Gasteiger partial charge in [0, 0.05) is 32.4 Å². The Morgan fingerprint density at radius 3 is 2.23 bits per heavy atom. The van der Waals surface area contributed by atoms with E-state index in [1.54, 1.807) is 32.4 Å². The van der Waals surface area contributed by atoms with E-state index in [-0.39, 0.29) is 36.9 Å². The van der Waals surface area contributed by atoms with Crippen molar-refractivity contribution in [2.75, 3.05) is 70.8 Å². The fourth-order valence-corrected chi connectivity index (χ4v) is 5.88. The van der Waals surface area contributed by atoms with Gasteiger partial charge < -0.3 is 44.0 Å². The molecule has 1 aromatic rings. The third-order valence-corrected chi connectivity index (χ3v) is 8.41. The van der Waals surface area contributed by atoms with Gasteiger partial charge in [-0.15, -0.1) is 5.10 Å². The van der Waals surface area contributed by atoms with Crippen LogP contribution in [0.2, 0.25) is 0 Å². The van der Waals surface area contributed by atoms with Crippen molar-refractivity contribution in [1.82, 2.24) is 25.2 Å². The molecule has 2 aliphatic heterocycles. The molecule has 5 atom stereocenters. The van der Waals surface area contributed by atoms with Crippen molar-refractivity contribution >= 4 is 15.7 Å². The number of sulfone groups is 1. The van der Waals surface area contributed by atoms with Gasteiger partial charge in [0.05, 0.1) is 75.6 Å². The van der Waals surface area contributed by atoms with Gasteiger partial charge in [-0.25, -0.2) is 13.1 Å². The summed E-state index contributed by atoms with van der Waals surface area (Å²) in [5, 5.41) is 31.9. The average molecular weight is 652 g/mol. The molecule has 1 amide bonds. The van der Waals surface area contributed by atoms with Crippen molar-refractivity contribution < 1.29 is 51.8 Å². The predicted molar refractivity (Wildman–Crippen MR) is 156 cm³/mol. The quantitative estimate of drug-likeness (QED) is 0.144. The van der Waals surface area contributed by atoms with E-state index in [0.29, 0.717) is 59.2 Å². The molecule has 17 heteroatoms. The number of nitrogens with one attached hydrogen (secondary N) is 1. The molecule has 2 saturated heterocycles. The van der Waals surface area contributed by atoms with Crippen molar-refractivity contribution in [3.05, 3.63) is 11.9 Å². The van der Waals surface area contributed by atoms with Crippen molar-refractivity contribution in [1.29, 1.82) is 0 Å². The SMILES string of the molecule is CC(C)O[C@@H]1OC(C(=O)NCCOCCOCCOCCn2cc(CN3CCS(=O)(=O)CC3)nn2)[C@@H](OC(C)C)[C@H](O)[C@@H]1O. The van der Waals surface area contributed by atoms with Crippen LogP contribution in [0.15, 0.2) is 6.20 Å². The van der Waals surface area contributed by atoms with E-state index in [2.05, 4.69) is 20.5 Å². The number of aliphatic hydroxyl groups is 2. The Labute approximate surface area is 259 Å². The number of carbonyl (C=O) groups is 1. The third kappa shape index (κ3) is 12.5. The summed E-state index contributed by atoms with van der Waals surface area (Å²) in [5.41, 5.74) is 0.794. The smallest absolute Gasteiger partial charge is 0.252 e. The zero-order valence-electron chi connectivity index (χ0n) is 26.1. The first-order chi connectivity index (χ1) is 20.9. The standard InChI is InChI=1S/C27H49N5O11S/c1-19(2)41-24-22(33)23(34)27(42-20(3)4)43-25(24)26(35)28-5-9-38-11-13-40-14-12-39-10-6-32-18-21(29-30-32)17-31-7-15-44(36,37)16-8-31/h18-20,22-25,27,33-34H,5-17H2,1-4H3,(H,28,35)/t22-,23+,24+,25?,27-/m1/s1. The van der Waals surface area contributed by atoms with Gasteiger partial charge in [0.25, 0.3) is 5.91 Å². The molecule has 0 spiro atoms. The van der Waals surface area contributed by atoms with E-state index in [9.17, 15) is 23.4 Å². The van der Waals surface area contributed by atoms with Crippen LogP contribution in [0.1, 0.15) is 33.4 Å². The maximum Gasteiger partial charge on any atom is 0.252 e. The van der Waals surface area contributed by atoms with Crippen LogP contribution < -0.4 is 5.32 Å². The van der Waals surface area contributed by atoms with Gasteiger partial charge in [0.1, 0.15) is 18.3 Å². The summed E-state index contributed by atoms with van der Waals surface area (Å²) in [7, 11) is -2.90. The first-order valence-electron chi connectivity index (χ1n) is 15.1. The number of nitrogens with zero attached hydrogens (tertiary/aromatic N) is 4. The van der Waals surface area contributed by atoms with E-state index in [0.717, 1.165) is 5.69 Å². The number of aliphatic hydroxyl groups excluding tert-OH is 2. The summed E-state index contributed by atoms with van der Waals surface area (Å²) in [6, 6.07) is 0. The Hall–Kier alpha value is -1.80. The van der Waals surface area contributed by atoms with E-state index in [1.165, 1.54) is 0 Å². The minimum atomic E-state index is -2.90. The summed E-state index contributed by atoms with van der Waals surface area (Å²) in [6.07, 6.45) is -4.86. The summed E-state index contributed by atoms with van der Waals surface area (Å²) in [4.78, 5) is 14.9. The van der Waals surface area contributed by atoms with E-state index in [1.807, 2.05) is 6.20 Å². The molecule has 1 aromatic heterocycles. The molecule has 0 saturated carbocycles. The summed E-state index contributed by atoms with van der Waals surface area (Å²) < 4.78 is 58.3. The zero-order chi connectivity index (χ0) is 32.1. The number of amides is 1. The Bertz CT molecular complexity index is 1080. The highest BCUT2D eigenvalue weighted by molar-refractivity contribution is 7.91. The molecule has 16 nitrogen and oxygen atoms in total. The summed E-state index contributed by atoms with van der Waals surface area (Å²) in [5.74, 6) is -0.137. The molecule has 2 aliphatic rings. The van der Waals surface area contributed by atoms with Crippen LogP contribution in [0.25, 0.3) is 0 Å². The molecular weight excluding hydrogens is 602 g/mol. The molecule has 2 fully saturated rings. The maximum atomic E-state index is 12.8. The Morgan fingerprint density at radius 2 is 1.59 bits per heavy atom. The highest BCUT2D eigenvalue weighted by Crippen LogP contribution is 2.26. The number of rotatable bonds is 19. The molecule has 0 aliphatic carbocycles. The Morgan fingerprint density at radius 1 is 0.977 bits per heavy atom. The normalized spacial score (nSPS) is 26.0. The summed E-state index contributed by atoms with van der Waals surface area (Å²) >= 11 is 0. The lowest BCUT2D eigenvalue weighted by molar-refractivity contribution is -0.307. The second-order valence-electron chi connectivity index (χ2n) is 11.3. The molecule has 3 rings (SSSR count). The number of aromatic nitrogens is 3. The first-order valence-corrected chi connectivity index (χ1v) is 16.9. The third-order valence-electron chi connectivity index (χ3n) is 6.80. The second kappa shape index (κ2) is 18.4. The largest absolute Gasteiger partial charge is 0.387 e. The molecule has 44 heavy (non-hydrogen) atoms.